The molecule has 0 spiro atoms. The van der Waals surface area contributed by atoms with Crippen molar-refractivity contribution in [2.75, 3.05) is 11.6 Å². The minimum absolute atomic E-state index is 0.0467. The summed E-state index contributed by atoms with van der Waals surface area (Å²) in [7, 11) is -3.42. The number of anilines is 1. The van der Waals surface area contributed by atoms with Crippen LogP contribution in [0.25, 0.3) is 11.1 Å². The Bertz CT molecular complexity index is 1300. The average molecular weight is 487 g/mol. The van der Waals surface area contributed by atoms with E-state index in [1.54, 1.807) is 0 Å². The van der Waals surface area contributed by atoms with Crippen molar-refractivity contribution in [3.05, 3.63) is 83.2 Å². The summed E-state index contributed by atoms with van der Waals surface area (Å²) in [6.07, 6.45) is -4.30. The van der Waals surface area contributed by atoms with Gasteiger partial charge in [0.25, 0.3) is 0 Å². The number of sulfone groups is 1. The lowest BCUT2D eigenvalue weighted by Crippen LogP contribution is -2.15. The van der Waals surface area contributed by atoms with E-state index < -0.39 is 56.1 Å². The van der Waals surface area contributed by atoms with Gasteiger partial charge in [0, 0.05) is 11.9 Å². The fraction of sp³-hybridized carbons (Fsp3) is 0.136. The van der Waals surface area contributed by atoms with E-state index in [9.17, 15) is 39.6 Å². The molecule has 0 saturated heterocycles. The molecule has 3 aromatic rings. The number of hydrogen-bond donors (Lipinski definition) is 1. The highest BCUT2D eigenvalue weighted by Gasteiger charge is 2.35. The van der Waals surface area contributed by atoms with Crippen LogP contribution in [0, 0.1) is 17.5 Å². The maximum atomic E-state index is 14.6. The van der Waals surface area contributed by atoms with Gasteiger partial charge in [-0.1, -0.05) is 18.2 Å². The maximum absolute atomic E-state index is 14.6. The van der Waals surface area contributed by atoms with E-state index in [0.29, 0.717) is 29.8 Å². The Morgan fingerprint density at radius 3 is 2.00 bits per heavy atom. The third-order valence-electron chi connectivity index (χ3n) is 4.60. The summed E-state index contributed by atoms with van der Waals surface area (Å²) in [5, 5.41) is 2.23. The Morgan fingerprint density at radius 2 is 1.48 bits per heavy atom. The number of rotatable bonds is 5. The average Bonchev–Trinajstić information content (AvgIpc) is 2.67. The van der Waals surface area contributed by atoms with Crippen LogP contribution >= 0.6 is 0 Å². The Kier molecular flexibility index (Phi) is 6.55. The highest BCUT2D eigenvalue weighted by molar-refractivity contribution is 7.90. The first-order valence-corrected chi connectivity index (χ1v) is 11.1. The molecule has 0 saturated carbocycles. The molecule has 0 bridgehead atoms. The monoisotopic (exact) mass is 487 g/mol. The lowest BCUT2D eigenvalue weighted by molar-refractivity contribution is -0.137. The van der Waals surface area contributed by atoms with Gasteiger partial charge in [0.1, 0.15) is 17.5 Å². The SMILES string of the molecule is CS(=O)(=O)c1ccc(CC(=O)Nc2cc(F)c(-c3ccc(F)cc3C(F)(F)F)c(F)c2)cc1. The van der Waals surface area contributed by atoms with Gasteiger partial charge in [-0.05, 0) is 47.5 Å². The number of benzene rings is 3. The summed E-state index contributed by atoms with van der Waals surface area (Å²) in [6, 6.07) is 8.09. The molecule has 0 unspecified atom stereocenters. The van der Waals surface area contributed by atoms with Crippen LogP contribution in [0.1, 0.15) is 11.1 Å². The second-order valence-corrected chi connectivity index (χ2v) is 9.16. The molecule has 3 aromatic carbocycles. The zero-order valence-corrected chi connectivity index (χ0v) is 17.6. The number of carbonyl (C=O) groups is 1. The molecule has 1 amide bonds. The van der Waals surface area contributed by atoms with Gasteiger partial charge < -0.3 is 5.32 Å². The Morgan fingerprint density at radius 1 is 0.909 bits per heavy atom. The van der Waals surface area contributed by atoms with E-state index in [1.165, 1.54) is 24.3 Å². The van der Waals surface area contributed by atoms with Gasteiger partial charge in [-0.25, -0.2) is 21.6 Å². The number of hydrogen-bond acceptors (Lipinski definition) is 3. The first kappa shape index (κ1) is 24.3. The van der Waals surface area contributed by atoms with Crippen molar-refractivity contribution in [2.24, 2.45) is 0 Å². The number of amides is 1. The van der Waals surface area contributed by atoms with Gasteiger partial charge in [0.2, 0.25) is 5.91 Å². The molecule has 1 N–H and O–H groups in total. The van der Waals surface area contributed by atoms with E-state index in [4.69, 9.17) is 0 Å². The van der Waals surface area contributed by atoms with Gasteiger partial charge in [0.05, 0.1) is 22.4 Å². The van der Waals surface area contributed by atoms with Crippen LogP contribution in [0.4, 0.5) is 32.0 Å². The number of halogens is 6. The Balaban J connectivity index is 1.85. The normalized spacial score (nSPS) is 12.0. The summed E-state index contributed by atoms with van der Waals surface area (Å²) < 4.78 is 105. The first-order chi connectivity index (χ1) is 15.3. The minimum Gasteiger partial charge on any atom is -0.326 e. The van der Waals surface area contributed by atoms with Crippen LogP contribution < -0.4 is 5.32 Å². The van der Waals surface area contributed by atoms with Crippen LogP contribution in [-0.4, -0.2) is 20.6 Å². The van der Waals surface area contributed by atoms with E-state index in [0.717, 1.165) is 6.26 Å². The fourth-order valence-electron chi connectivity index (χ4n) is 3.12. The van der Waals surface area contributed by atoms with Crippen molar-refractivity contribution in [3.63, 3.8) is 0 Å². The van der Waals surface area contributed by atoms with Crippen molar-refractivity contribution in [3.8, 4) is 11.1 Å². The highest BCUT2D eigenvalue weighted by Crippen LogP contribution is 2.40. The van der Waals surface area contributed by atoms with Gasteiger partial charge in [-0.15, -0.1) is 0 Å². The summed E-state index contributed by atoms with van der Waals surface area (Å²) >= 11 is 0. The van der Waals surface area contributed by atoms with Crippen molar-refractivity contribution in [1.82, 2.24) is 0 Å². The van der Waals surface area contributed by atoms with Crippen LogP contribution in [0.3, 0.4) is 0 Å². The lowest BCUT2D eigenvalue weighted by atomic mass is 9.97. The van der Waals surface area contributed by atoms with Gasteiger partial charge in [-0.2, -0.15) is 13.2 Å². The zero-order valence-electron chi connectivity index (χ0n) is 16.8. The summed E-state index contributed by atoms with van der Waals surface area (Å²) in [4.78, 5) is 12.2. The quantitative estimate of drug-likeness (QED) is 0.492. The molecule has 33 heavy (non-hydrogen) atoms. The van der Waals surface area contributed by atoms with Crippen LogP contribution in [-0.2, 0) is 27.2 Å². The van der Waals surface area contributed by atoms with Crippen LogP contribution in [0.2, 0.25) is 0 Å². The van der Waals surface area contributed by atoms with E-state index >= 15 is 0 Å². The predicted molar refractivity (Wildman–Crippen MR) is 109 cm³/mol. The van der Waals surface area contributed by atoms with E-state index in [-0.39, 0.29) is 23.1 Å². The summed E-state index contributed by atoms with van der Waals surface area (Å²) in [5.74, 6) is -4.70. The molecule has 0 radical (unpaired) electrons. The fourth-order valence-corrected chi connectivity index (χ4v) is 3.75. The van der Waals surface area contributed by atoms with E-state index in [1.807, 2.05) is 0 Å². The zero-order chi connectivity index (χ0) is 24.6. The molecule has 0 aromatic heterocycles. The van der Waals surface area contributed by atoms with Gasteiger partial charge in [0.15, 0.2) is 9.84 Å². The molecule has 4 nitrogen and oxygen atoms in total. The van der Waals surface area contributed by atoms with Gasteiger partial charge in [-0.3, -0.25) is 4.79 Å². The molecule has 11 heteroatoms. The third-order valence-corrected chi connectivity index (χ3v) is 5.73. The predicted octanol–water partition coefficient (Wildman–Crippen LogP) is 5.37. The van der Waals surface area contributed by atoms with Crippen molar-refractivity contribution >= 4 is 21.4 Å². The lowest BCUT2D eigenvalue weighted by Gasteiger charge is -2.15. The standard InChI is InChI=1S/C22H15F6NO3S/c1-33(31,32)15-5-2-12(3-6-15)8-20(30)29-14-10-18(24)21(19(25)11-14)16-7-4-13(23)9-17(16)22(26,27)28/h2-7,9-11H,8H2,1H3,(H,29,30). The highest BCUT2D eigenvalue weighted by atomic mass is 32.2. The largest absolute Gasteiger partial charge is 0.417 e. The molecule has 0 fully saturated rings. The molecule has 0 heterocycles. The maximum Gasteiger partial charge on any atom is 0.417 e. The second kappa shape index (κ2) is 8.89. The second-order valence-electron chi connectivity index (χ2n) is 7.14. The topological polar surface area (TPSA) is 63.2 Å². The molecule has 0 aliphatic rings. The molecular formula is C22H15F6NO3S. The summed E-state index contributed by atoms with van der Waals surface area (Å²) in [5.41, 5.74) is -3.38. The molecule has 0 aliphatic carbocycles. The van der Waals surface area contributed by atoms with E-state index in [2.05, 4.69) is 5.32 Å². The van der Waals surface area contributed by atoms with Crippen molar-refractivity contribution in [1.29, 1.82) is 0 Å². The molecule has 174 valence electrons. The first-order valence-electron chi connectivity index (χ1n) is 9.20. The van der Waals surface area contributed by atoms with Crippen molar-refractivity contribution < 1.29 is 39.6 Å². The molecule has 0 atom stereocenters. The molecule has 0 aliphatic heterocycles. The van der Waals surface area contributed by atoms with Crippen LogP contribution in [0.15, 0.2) is 59.5 Å². The Labute approximate surface area is 184 Å². The smallest absolute Gasteiger partial charge is 0.326 e. The third kappa shape index (κ3) is 5.72. The van der Waals surface area contributed by atoms with Crippen molar-refractivity contribution in [2.45, 2.75) is 17.5 Å². The Hall–Kier alpha value is -3.34. The minimum atomic E-state index is -5.06. The number of nitrogens with one attached hydrogen (secondary N) is 1. The van der Waals surface area contributed by atoms with Crippen LogP contribution in [0.5, 0.6) is 0 Å². The molecular weight excluding hydrogens is 472 g/mol. The number of carbonyl (C=O) groups excluding carboxylic acids is 1. The number of alkyl halides is 3. The summed E-state index contributed by atoms with van der Waals surface area (Å²) in [6.45, 7) is 0. The van der Waals surface area contributed by atoms with Gasteiger partial charge >= 0.3 is 6.18 Å². The molecule has 3 rings (SSSR count).